The maximum atomic E-state index is 9.39. The van der Waals surface area contributed by atoms with Gasteiger partial charge in [-0.05, 0) is 33.6 Å². The molecule has 1 atom stereocenters. The molecule has 0 aliphatic rings. The van der Waals surface area contributed by atoms with Crippen molar-refractivity contribution < 1.29 is 0 Å². The van der Waals surface area contributed by atoms with Gasteiger partial charge in [-0.2, -0.15) is 5.26 Å². The molecular formula is C15H13BrN2S. The molecule has 2 N–H and O–H groups in total. The minimum Gasteiger partial charge on any atom is -0.309 e. The molecule has 0 aliphatic heterocycles. The molecule has 0 saturated heterocycles. The van der Waals surface area contributed by atoms with Crippen LogP contribution in [0.5, 0.6) is 0 Å². The third kappa shape index (κ3) is 3.38. The minimum absolute atomic E-state index is 0.510. The highest BCUT2D eigenvalue weighted by molar-refractivity contribution is 9.10. The Kier molecular flexibility index (Phi) is 4.65. The molecule has 0 amide bonds. The lowest BCUT2D eigenvalue weighted by molar-refractivity contribution is 0.659. The lowest BCUT2D eigenvalue weighted by Gasteiger charge is -2.21. The van der Waals surface area contributed by atoms with Crippen LogP contribution in [0.3, 0.4) is 0 Å². The molecule has 0 fully saturated rings. The Hall–Kier alpha value is -1.28. The van der Waals surface area contributed by atoms with E-state index >= 15 is 0 Å². The summed E-state index contributed by atoms with van der Waals surface area (Å²) in [4.78, 5) is 1.09. The maximum absolute atomic E-state index is 9.39. The zero-order valence-electron chi connectivity index (χ0n) is 10.2. The largest absolute Gasteiger partial charge is 0.309 e. The lowest BCUT2D eigenvalue weighted by Crippen LogP contribution is -2.37. The van der Waals surface area contributed by atoms with Crippen LogP contribution in [-0.2, 0) is 5.54 Å². The van der Waals surface area contributed by atoms with E-state index in [0.717, 1.165) is 14.9 Å². The van der Waals surface area contributed by atoms with Gasteiger partial charge in [-0.1, -0.05) is 42.5 Å². The van der Waals surface area contributed by atoms with Crippen molar-refractivity contribution in [2.45, 2.75) is 10.4 Å². The average molecular weight is 333 g/mol. The van der Waals surface area contributed by atoms with Gasteiger partial charge < -0.3 is 5.73 Å². The molecule has 0 aliphatic carbocycles. The second-order valence-corrected chi connectivity index (χ2v) is 6.04. The van der Waals surface area contributed by atoms with Crippen molar-refractivity contribution in [2.24, 2.45) is 5.73 Å². The molecule has 96 valence electrons. The number of halogens is 1. The van der Waals surface area contributed by atoms with Gasteiger partial charge in [0.2, 0.25) is 0 Å². The van der Waals surface area contributed by atoms with Crippen LogP contribution in [0.2, 0.25) is 0 Å². The van der Waals surface area contributed by atoms with Gasteiger partial charge in [0.1, 0.15) is 5.54 Å². The number of hydrogen-bond donors (Lipinski definition) is 1. The Morgan fingerprint density at radius 3 is 2.37 bits per heavy atom. The molecule has 1 unspecified atom stereocenters. The van der Waals surface area contributed by atoms with Gasteiger partial charge >= 0.3 is 0 Å². The fraction of sp³-hybridized carbons (Fsp3) is 0.133. The van der Waals surface area contributed by atoms with Crippen LogP contribution in [0.1, 0.15) is 5.56 Å². The van der Waals surface area contributed by atoms with Gasteiger partial charge in [0.25, 0.3) is 0 Å². The van der Waals surface area contributed by atoms with E-state index in [-0.39, 0.29) is 0 Å². The Labute approximate surface area is 125 Å². The van der Waals surface area contributed by atoms with Crippen LogP contribution >= 0.6 is 27.7 Å². The molecule has 19 heavy (non-hydrogen) atoms. The molecule has 0 aromatic heterocycles. The van der Waals surface area contributed by atoms with E-state index in [1.807, 2.05) is 54.6 Å². The van der Waals surface area contributed by atoms with Crippen molar-refractivity contribution in [3.63, 3.8) is 0 Å². The molecule has 4 heteroatoms. The van der Waals surface area contributed by atoms with Gasteiger partial charge in [0, 0.05) is 15.1 Å². The lowest BCUT2D eigenvalue weighted by atomic mass is 9.95. The average Bonchev–Trinajstić information content (AvgIpc) is 2.47. The summed E-state index contributed by atoms with van der Waals surface area (Å²) in [7, 11) is 0. The number of hydrogen-bond acceptors (Lipinski definition) is 3. The number of nitrogens with two attached hydrogens (primary N) is 1. The zero-order chi connectivity index (χ0) is 13.7. The predicted octanol–water partition coefficient (Wildman–Crippen LogP) is 3.92. The SMILES string of the molecule is N#CC(N)(CSc1ccccc1Br)c1ccccc1. The molecule has 2 rings (SSSR count). The van der Waals surface area contributed by atoms with Crippen molar-refractivity contribution in [1.82, 2.24) is 0 Å². The summed E-state index contributed by atoms with van der Waals surface area (Å²) in [5.74, 6) is 0.510. The Balaban J connectivity index is 2.17. The highest BCUT2D eigenvalue weighted by Crippen LogP contribution is 2.31. The van der Waals surface area contributed by atoms with Crippen molar-refractivity contribution in [2.75, 3.05) is 5.75 Å². The van der Waals surface area contributed by atoms with E-state index in [9.17, 15) is 5.26 Å². The molecule has 2 aromatic carbocycles. The predicted molar refractivity (Wildman–Crippen MR) is 82.8 cm³/mol. The summed E-state index contributed by atoms with van der Waals surface area (Å²) in [5.41, 5.74) is 6.09. The van der Waals surface area contributed by atoms with E-state index in [2.05, 4.69) is 22.0 Å². The molecular weight excluding hydrogens is 320 g/mol. The summed E-state index contributed by atoms with van der Waals surface area (Å²) in [6.07, 6.45) is 0. The summed E-state index contributed by atoms with van der Waals surface area (Å²) >= 11 is 5.08. The minimum atomic E-state index is -0.971. The van der Waals surface area contributed by atoms with Gasteiger partial charge in [0.15, 0.2) is 0 Å². The topological polar surface area (TPSA) is 49.8 Å². The van der Waals surface area contributed by atoms with E-state index in [1.54, 1.807) is 11.8 Å². The van der Waals surface area contributed by atoms with Gasteiger partial charge in [-0.3, -0.25) is 0 Å². The Morgan fingerprint density at radius 1 is 1.11 bits per heavy atom. The fourth-order valence-electron chi connectivity index (χ4n) is 1.67. The third-order valence-corrected chi connectivity index (χ3v) is 5.00. The zero-order valence-corrected chi connectivity index (χ0v) is 12.6. The standard InChI is InChI=1S/C15H13BrN2S/c16-13-8-4-5-9-14(13)19-11-15(18,10-17)12-6-2-1-3-7-12/h1-9H,11,18H2. The molecule has 0 radical (unpaired) electrons. The van der Waals surface area contributed by atoms with Crippen LogP contribution in [0, 0.1) is 11.3 Å². The van der Waals surface area contributed by atoms with Crippen LogP contribution in [0.25, 0.3) is 0 Å². The first-order valence-electron chi connectivity index (χ1n) is 5.79. The fourth-order valence-corrected chi connectivity index (χ4v) is 3.29. The number of thioether (sulfide) groups is 1. The molecule has 0 spiro atoms. The van der Waals surface area contributed by atoms with Gasteiger partial charge in [-0.25, -0.2) is 0 Å². The van der Waals surface area contributed by atoms with Gasteiger partial charge in [0.05, 0.1) is 6.07 Å². The second-order valence-electron chi connectivity index (χ2n) is 4.17. The van der Waals surface area contributed by atoms with E-state index in [0.29, 0.717) is 5.75 Å². The first-order valence-corrected chi connectivity index (χ1v) is 7.56. The third-order valence-electron chi connectivity index (χ3n) is 2.78. The Bertz CT molecular complexity index is 595. The second kappa shape index (κ2) is 6.25. The molecule has 2 aromatic rings. The quantitative estimate of drug-likeness (QED) is 0.863. The highest BCUT2D eigenvalue weighted by Gasteiger charge is 2.27. The molecule has 0 heterocycles. The molecule has 0 saturated carbocycles. The normalized spacial score (nSPS) is 13.5. The van der Waals surface area contributed by atoms with Gasteiger partial charge in [-0.15, -0.1) is 11.8 Å². The Morgan fingerprint density at radius 2 is 1.74 bits per heavy atom. The van der Waals surface area contributed by atoms with E-state index in [1.165, 1.54) is 0 Å². The number of rotatable bonds is 4. The number of nitrogens with zero attached hydrogens (tertiary/aromatic N) is 1. The van der Waals surface area contributed by atoms with E-state index in [4.69, 9.17) is 5.73 Å². The first kappa shape index (κ1) is 14.1. The van der Waals surface area contributed by atoms with Crippen molar-refractivity contribution in [1.29, 1.82) is 5.26 Å². The number of benzene rings is 2. The van der Waals surface area contributed by atoms with Crippen molar-refractivity contribution in [3.8, 4) is 6.07 Å². The maximum Gasteiger partial charge on any atom is 0.139 e. The summed E-state index contributed by atoms with van der Waals surface area (Å²) in [5, 5.41) is 9.39. The summed E-state index contributed by atoms with van der Waals surface area (Å²) < 4.78 is 1.02. The summed E-state index contributed by atoms with van der Waals surface area (Å²) in [6, 6.07) is 19.7. The highest BCUT2D eigenvalue weighted by atomic mass is 79.9. The van der Waals surface area contributed by atoms with Crippen molar-refractivity contribution in [3.05, 3.63) is 64.6 Å². The smallest absolute Gasteiger partial charge is 0.139 e. The van der Waals surface area contributed by atoms with Crippen LogP contribution in [-0.4, -0.2) is 5.75 Å². The number of nitriles is 1. The molecule has 0 bridgehead atoms. The van der Waals surface area contributed by atoms with Crippen LogP contribution in [0.15, 0.2) is 64.0 Å². The first-order chi connectivity index (χ1) is 9.15. The van der Waals surface area contributed by atoms with E-state index < -0.39 is 5.54 Å². The van der Waals surface area contributed by atoms with Crippen LogP contribution in [0.4, 0.5) is 0 Å². The van der Waals surface area contributed by atoms with Crippen molar-refractivity contribution >= 4 is 27.7 Å². The summed E-state index contributed by atoms with van der Waals surface area (Å²) in [6.45, 7) is 0. The molecule has 2 nitrogen and oxygen atoms in total. The monoisotopic (exact) mass is 332 g/mol. The van der Waals surface area contributed by atoms with Crippen LogP contribution < -0.4 is 5.73 Å².